The molecule has 0 aliphatic carbocycles. The molecule has 0 amide bonds. The van der Waals surface area contributed by atoms with Gasteiger partial charge in [-0.15, -0.1) is 0 Å². The Morgan fingerprint density at radius 3 is 2.48 bits per heavy atom. The zero-order chi connectivity index (χ0) is 15.1. The lowest BCUT2D eigenvalue weighted by atomic mass is 10.0. The average Bonchev–Trinajstić information content (AvgIpc) is 2.46. The van der Waals surface area contributed by atoms with Gasteiger partial charge in [0, 0.05) is 25.4 Å². The SMILES string of the molecule is CS(=O)(=O)CCNC1CCN(CCc2ccccc2)CC1. The highest BCUT2D eigenvalue weighted by molar-refractivity contribution is 7.90. The topological polar surface area (TPSA) is 49.4 Å². The molecule has 1 heterocycles. The maximum Gasteiger partial charge on any atom is 0.148 e. The molecule has 21 heavy (non-hydrogen) atoms. The van der Waals surface area contributed by atoms with Crippen molar-refractivity contribution in [3.05, 3.63) is 35.9 Å². The molecule has 118 valence electrons. The zero-order valence-corrected chi connectivity index (χ0v) is 13.6. The van der Waals surface area contributed by atoms with Crippen molar-refractivity contribution in [2.75, 3.05) is 38.2 Å². The molecule has 0 spiro atoms. The predicted octanol–water partition coefficient (Wildman–Crippen LogP) is 1.33. The van der Waals surface area contributed by atoms with Gasteiger partial charge in [-0.25, -0.2) is 8.42 Å². The summed E-state index contributed by atoms with van der Waals surface area (Å²) < 4.78 is 22.2. The molecule has 0 bridgehead atoms. The molecule has 1 N–H and O–H groups in total. The first-order valence-corrected chi connectivity index (χ1v) is 9.76. The van der Waals surface area contributed by atoms with Crippen molar-refractivity contribution in [2.45, 2.75) is 25.3 Å². The lowest BCUT2D eigenvalue weighted by molar-refractivity contribution is 0.201. The summed E-state index contributed by atoms with van der Waals surface area (Å²) in [6.07, 6.45) is 4.62. The molecule has 1 saturated heterocycles. The van der Waals surface area contributed by atoms with Gasteiger partial charge in [0.2, 0.25) is 0 Å². The normalized spacial score (nSPS) is 18.0. The smallest absolute Gasteiger partial charge is 0.148 e. The number of likely N-dealkylation sites (tertiary alicyclic amines) is 1. The number of nitrogens with one attached hydrogen (secondary N) is 1. The van der Waals surface area contributed by atoms with Crippen LogP contribution in [0.5, 0.6) is 0 Å². The highest BCUT2D eigenvalue weighted by atomic mass is 32.2. The van der Waals surface area contributed by atoms with Crippen LogP contribution in [0.25, 0.3) is 0 Å². The van der Waals surface area contributed by atoms with Crippen molar-refractivity contribution in [3.63, 3.8) is 0 Å². The second-order valence-electron chi connectivity index (χ2n) is 5.94. The summed E-state index contributed by atoms with van der Waals surface area (Å²) in [6.45, 7) is 3.89. The van der Waals surface area contributed by atoms with Crippen molar-refractivity contribution in [3.8, 4) is 0 Å². The van der Waals surface area contributed by atoms with E-state index >= 15 is 0 Å². The Hall–Kier alpha value is -0.910. The summed E-state index contributed by atoms with van der Waals surface area (Å²) in [6, 6.07) is 11.1. The first-order valence-electron chi connectivity index (χ1n) is 7.70. The Kier molecular flexibility index (Phi) is 6.21. The molecule has 1 aromatic rings. The molecule has 1 aromatic carbocycles. The summed E-state index contributed by atoms with van der Waals surface area (Å²) in [5.41, 5.74) is 1.39. The minimum absolute atomic E-state index is 0.237. The Morgan fingerprint density at radius 2 is 1.86 bits per heavy atom. The number of piperidine rings is 1. The van der Waals surface area contributed by atoms with Crippen LogP contribution < -0.4 is 5.32 Å². The Balaban J connectivity index is 1.62. The minimum Gasteiger partial charge on any atom is -0.313 e. The molecule has 2 rings (SSSR count). The van der Waals surface area contributed by atoms with E-state index in [0.29, 0.717) is 12.6 Å². The van der Waals surface area contributed by atoms with Crippen LogP contribution in [0.2, 0.25) is 0 Å². The number of benzene rings is 1. The maximum atomic E-state index is 11.1. The second-order valence-corrected chi connectivity index (χ2v) is 8.20. The van der Waals surface area contributed by atoms with E-state index in [2.05, 4.69) is 40.5 Å². The summed E-state index contributed by atoms with van der Waals surface area (Å²) in [5, 5.41) is 3.37. The van der Waals surface area contributed by atoms with Crippen molar-refractivity contribution >= 4 is 9.84 Å². The molecule has 1 fully saturated rings. The van der Waals surface area contributed by atoms with Crippen LogP contribution in [0.1, 0.15) is 18.4 Å². The van der Waals surface area contributed by atoms with E-state index in [1.807, 2.05) is 0 Å². The first-order chi connectivity index (χ1) is 10.0. The molecule has 4 nitrogen and oxygen atoms in total. The average molecular weight is 310 g/mol. The van der Waals surface area contributed by atoms with Crippen LogP contribution in [0.4, 0.5) is 0 Å². The largest absolute Gasteiger partial charge is 0.313 e. The van der Waals surface area contributed by atoms with Crippen molar-refractivity contribution < 1.29 is 8.42 Å². The quantitative estimate of drug-likeness (QED) is 0.825. The van der Waals surface area contributed by atoms with Gasteiger partial charge in [-0.2, -0.15) is 0 Å². The monoisotopic (exact) mass is 310 g/mol. The van der Waals surface area contributed by atoms with Gasteiger partial charge in [0.15, 0.2) is 0 Å². The summed E-state index contributed by atoms with van der Waals surface area (Å²) in [5.74, 6) is 0.237. The van der Waals surface area contributed by atoms with Gasteiger partial charge in [-0.05, 0) is 37.9 Å². The standard InChI is InChI=1S/C16H26N2O2S/c1-21(19,20)14-10-17-16-8-12-18(13-9-16)11-7-15-5-3-2-4-6-15/h2-6,16-17H,7-14H2,1H3. The number of sulfone groups is 1. The van der Waals surface area contributed by atoms with Gasteiger partial charge in [0.25, 0.3) is 0 Å². The maximum absolute atomic E-state index is 11.1. The van der Waals surface area contributed by atoms with E-state index < -0.39 is 9.84 Å². The molecule has 1 aliphatic rings. The summed E-state index contributed by atoms with van der Waals surface area (Å²) >= 11 is 0. The van der Waals surface area contributed by atoms with E-state index in [9.17, 15) is 8.42 Å². The molecule has 0 radical (unpaired) electrons. The minimum atomic E-state index is -2.85. The number of nitrogens with zero attached hydrogens (tertiary/aromatic N) is 1. The van der Waals surface area contributed by atoms with Crippen LogP contribution in [0.15, 0.2) is 30.3 Å². The van der Waals surface area contributed by atoms with Crippen LogP contribution in [-0.4, -0.2) is 57.5 Å². The van der Waals surface area contributed by atoms with Gasteiger partial charge >= 0.3 is 0 Å². The predicted molar refractivity (Wildman–Crippen MR) is 87.3 cm³/mol. The van der Waals surface area contributed by atoms with E-state index in [1.165, 1.54) is 11.8 Å². The third-order valence-electron chi connectivity index (χ3n) is 4.05. The van der Waals surface area contributed by atoms with Gasteiger partial charge in [-0.3, -0.25) is 0 Å². The molecule has 0 aromatic heterocycles. The molecular formula is C16H26N2O2S. The molecule has 0 unspecified atom stereocenters. The van der Waals surface area contributed by atoms with Crippen molar-refractivity contribution in [1.29, 1.82) is 0 Å². The number of rotatable bonds is 7. The molecule has 1 aliphatic heterocycles. The lowest BCUT2D eigenvalue weighted by Crippen LogP contribution is -2.44. The van der Waals surface area contributed by atoms with Crippen LogP contribution in [0.3, 0.4) is 0 Å². The molecule has 0 atom stereocenters. The first kappa shape index (κ1) is 16.5. The third-order valence-corrected chi connectivity index (χ3v) is 5.00. The van der Waals surface area contributed by atoms with E-state index in [1.54, 1.807) is 0 Å². The van der Waals surface area contributed by atoms with Crippen LogP contribution >= 0.6 is 0 Å². The fourth-order valence-electron chi connectivity index (χ4n) is 2.74. The van der Waals surface area contributed by atoms with Crippen molar-refractivity contribution in [2.24, 2.45) is 0 Å². The fourth-order valence-corrected chi connectivity index (χ4v) is 3.23. The molecular weight excluding hydrogens is 284 g/mol. The zero-order valence-electron chi connectivity index (χ0n) is 12.8. The van der Waals surface area contributed by atoms with E-state index in [0.717, 1.165) is 38.9 Å². The second kappa shape index (κ2) is 7.92. The molecule has 5 heteroatoms. The van der Waals surface area contributed by atoms with Crippen LogP contribution in [-0.2, 0) is 16.3 Å². The van der Waals surface area contributed by atoms with Gasteiger partial charge < -0.3 is 10.2 Å². The summed E-state index contributed by atoms with van der Waals surface area (Å²) in [4.78, 5) is 2.50. The van der Waals surface area contributed by atoms with E-state index in [-0.39, 0.29) is 5.75 Å². The highest BCUT2D eigenvalue weighted by Crippen LogP contribution is 2.11. The Morgan fingerprint density at radius 1 is 1.19 bits per heavy atom. The molecule has 0 saturated carbocycles. The van der Waals surface area contributed by atoms with E-state index in [4.69, 9.17) is 0 Å². The Bertz CT molecular complexity index is 508. The third kappa shape index (κ3) is 6.59. The number of hydrogen-bond donors (Lipinski definition) is 1. The highest BCUT2D eigenvalue weighted by Gasteiger charge is 2.18. The van der Waals surface area contributed by atoms with Gasteiger partial charge in [0.1, 0.15) is 9.84 Å². The van der Waals surface area contributed by atoms with Gasteiger partial charge in [-0.1, -0.05) is 30.3 Å². The van der Waals surface area contributed by atoms with Gasteiger partial charge in [0.05, 0.1) is 5.75 Å². The fraction of sp³-hybridized carbons (Fsp3) is 0.625. The summed E-state index contributed by atoms with van der Waals surface area (Å²) in [7, 11) is -2.85. The number of hydrogen-bond acceptors (Lipinski definition) is 4. The lowest BCUT2D eigenvalue weighted by Gasteiger charge is -2.32. The Labute approximate surface area is 128 Å². The van der Waals surface area contributed by atoms with Crippen LogP contribution in [0, 0.1) is 0 Å². The van der Waals surface area contributed by atoms with Crippen molar-refractivity contribution in [1.82, 2.24) is 10.2 Å².